The molecule has 0 radical (unpaired) electrons. The van der Waals surface area contributed by atoms with E-state index in [1.807, 2.05) is 32.2 Å². The number of nitrogens with one attached hydrogen (secondary N) is 1. The van der Waals surface area contributed by atoms with Gasteiger partial charge in [0.15, 0.2) is 0 Å². The average Bonchev–Trinajstić information content (AvgIpc) is 3.21. The summed E-state index contributed by atoms with van der Waals surface area (Å²) in [5, 5.41) is 8.67. The first-order chi connectivity index (χ1) is 16.0. The fourth-order valence-corrected chi connectivity index (χ4v) is 3.74. The van der Waals surface area contributed by atoms with E-state index in [2.05, 4.69) is 49.4 Å². The molecule has 5 rings (SSSR count). The van der Waals surface area contributed by atoms with E-state index in [1.165, 1.54) is 17.7 Å². The molecule has 0 spiro atoms. The molecular formula is C25H22FN7. The number of hydrogen-bond donors (Lipinski definition) is 1. The standard InChI is InChI=1S/C25H22FN7/c1-4-17-8-9-22-20(12-17)15(2)28-25(30-22)31-24-27-11-10-23(29-24)21-14-33(32-16(21)3)19-7-5-6-18(26)13-19/h5-14H,4H2,1-3H3,(H,27,28,29,30,31). The highest BCUT2D eigenvalue weighted by molar-refractivity contribution is 5.82. The first kappa shape index (κ1) is 20.7. The number of hydrogen-bond acceptors (Lipinski definition) is 6. The van der Waals surface area contributed by atoms with Crippen molar-refractivity contribution in [1.82, 2.24) is 29.7 Å². The highest BCUT2D eigenvalue weighted by Crippen LogP contribution is 2.24. The Hall–Kier alpha value is -4.20. The monoisotopic (exact) mass is 439 g/mol. The summed E-state index contributed by atoms with van der Waals surface area (Å²) in [7, 11) is 0. The number of benzene rings is 2. The van der Waals surface area contributed by atoms with Crippen LogP contribution in [0.3, 0.4) is 0 Å². The largest absolute Gasteiger partial charge is 0.293 e. The van der Waals surface area contributed by atoms with E-state index in [-0.39, 0.29) is 5.82 Å². The van der Waals surface area contributed by atoms with E-state index in [0.717, 1.165) is 34.3 Å². The summed E-state index contributed by atoms with van der Waals surface area (Å²) in [4.78, 5) is 18.2. The highest BCUT2D eigenvalue weighted by Gasteiger charge is 2.13. The van der Waals surface area contributed by atoms with Gasteiger partial charge in [0.1, 0.15) is 5.82 Å². The van der Waals surface area contributed by atoms with Crippen molar-refractivity contribution < 1.29 is 4.39 Å². The van der Waals surface area contributed by atoms with Crippen molar-refractivity contribution >= 4 is 22.8 Å². The highest BCUT2D eigenvalue weighted by atomic mass is 19.1. The van der Waals surface area contributed by atoms with E-state index in [9.17, 15) is 4.39 Å². The van der Waals surface area contributed by atoms with Crippen LogP contribution in [0.1, 0.15) is 23.9 Å². The second-order valence-corrected chi connectivity index (χ2v) is 7.78. The number of fused-ring (bicyclic) bond motifs is 1. The maximum absolute atomic E-state index is 13.6. The quantitative estimate of drug-likeness (QED) is 0.398. The van der Waals surface area contributed by atoms with Gasteiger partial charge in [0.05, 0.1) is 28.3 Å². The molecule has 8 heteroatoms. The second kappa shape index (κ2) is 8.38. The van der Waals surface area contributed by atoms with E-state index < -0.39 is 0 Å². The minimum Gasteiger partial charge on any atom is -0.293 e. The molecule has 0 atom stereocenters. The molecule has 0 bridgehead atoms. The normalized spacial score (nSPS) is 11.2. The van der Waals surface area contributed by atoms with Crippen LogP contribution in [0.4, 0.5) is 16.3 Å². The lowest BCUT2D eigenvalue weighted by molar-refractivity contribution is 0.625. The smallest absolute Gasteiger partial charge is 0.230 e. The van der Waals surface area contributed by atoms with Crippen molar-refractivity contribution in [3.63, 3.8) is 0 Å². The molecule has 3 heterocycles. The summed E-state index contributed by atoms with van der Waals surface area (Å²) < 4.78 is 15.3. The Morgan fingerprint density at radius 2 is 1.82 bits per heavy atom. The number of aromatic nitrogens is 6. The van der Waals surface area contributed by atoms with Gasteiger partial charge in [-0.25, -0.2) is 29.0 Å². The van der Waals surface area contributed by atoms with Gasteiger partial charge >= 0.3 is 0 Å². The van der Waals surface area contributed by atoms with Gasteiger partial charge in [0.25, 0.3) is 0 Å². The minimum absolute atomic E-state index is 0.313. The fourth-order valence-electron chi connectivity index (χ4n) is 3.74. The van der Waals surface area contributed by atoms with Crippen molar-refractivity contribution in [3.8, 4) is 16.9 Å². The Morgan fingerprint density at radius 3 is 2.64 bits per heavy atom. The Balaban J connectivity index is 1.46. The fraction of sp³-hybridized carbons (Fsp3) is 0.160. The SMILES string of the molecule is CCc1ccc2nc(Nc3nccc(-c4cn(-c5cccc(F)c5)nc4C)n3)nc(C)c2c1. The molecule has 0 unspecified atom stereocenters. The second-order valence-electron chi connectivity index (χ2n) is 7.78. The molecule has 5 aromatic rings. The van der Waals surface area contributed by atoms with Crippen molar-refractivity contribution in [2.75, 3.05) is 5.32 Å². The average molecular weight is 439 g/mol. The molecule has 0 aliphatic heterocycles. The Bertz CT molecular complexity index is 1480. The molecule has 0 amide bonds. The Morgan fingerprint density at radius 1 is 0.939 bits per heavy atom. The van der Waals surface area contributed by atoms with Crippen LogP contribution in [0.15, 0.2) is 60.9 Å². The molecule has 0 aliphatic carbocycles. The third-order valence-corrected chi connectivity index (χ3v) is 5.49. The van der Waals surface area contributed by atoms with Gasteiger partial charge in [-0.3, -0.25) is 5.32 Å². The molecule has 0 aliphatic rings. The number of aryl methyl sites for hydroxylation is 3. The Kier molecular flexibility index (Phi) is 5.26. The molecule has 7 nitrogen and oxygen atoms in total. The lowest BCUT2D eigenvalue weighted by Crippen LogP contribution is -2.03. The third kappa shape index (κ3) is 4.15. The molecule has 0 saturated carbocycles. The van der Waals surface area contributed by atoms with E-state index in [4.69, 9.17) is 0 Å². The summed E-state index contributed by atoms with van der Waals surface area (Å²) in [6.07, 6.45) is 4.47. The van der Waals surface area contributed by atoms with Gasteiger partial charge in [-0.1, -0.05) is 19.1 Å². The van der Waals surface area contributed by atoms with Gasteiger partial charge in [-0.15, -0.1) is 0 Å². The van der Waals surface area contributed by atoms with Crippen LogP contribution >= 0.6 is 0 Å². The first-order valence-corrected chi connectivity index (χ1v) is 10.7. The number of rotatable bonds is 5. The van der Waals surface area contributed by atoms with Crippen molar-refractivity contribution in [3.05, 3.63) is 83.7 Å². The Labute approximate surface area is 190 Å². The van der Waals surface area contributed by atoms with Gasteiger partial charge in [0.2, 0.25) is 11.9 Å². The summed E-state index contributed by atoms with van der Waals surface area (Å²) in [6.45, 7) is 5.98. The summed E-state index contributed by atoms with van der Waals surface area (Å²) in [5.41, 5.74) is 5.94. The lowest BCUT2D eigenvalue weighted by Gasteiger charge is -2.08. The topological polar surface area (TPSA) is 81.4 Å². The molecule has 3 aromatic heterocycles. The van der Waals surface area contributed by atoms with Crippen LogP contribution < -0.4 is 5.32 Å². The van der Waals surface area contributed by atoms with Crippen LogP contribution in [-0.4, -0.2) is 29.7 Å². The van der Waals surface area contributed by atoms with Crippen LogP contribution in [0.5, 0.6) is 0 Å². The van der Waals surface area contributed by atoms with E-state index >= 15 is 0 Å². The first-order valence-electron chi connectivity index (χ1n) is 10.7. The van der Waals surface area contributed by atoms with Crippen LogP contribution in [0.2, 0.25) is 0 Å². The number of anilines is 2. The van der Waals surface area contributed by atoms with Crippen molar-refractivity contribution in [1.29, 1.82) is 0 Å². The molecule has 0 saturated heterocycles. The third-order valence-electron chi connectivity index (χ3n) is 5.49. The van der Waals surface area contributed by atoms with Crippen LogP contribution in [-0.2, 0) is 6.42 Å². The van der Waals surface area contributed by atoms with Gasteiger partial charge in [-0.2, -0.15) is 5.10 Å². The van der Waals surface area contributed by atoms with Gasteiger partial charge in [0, 0.05) is 23.3 Å². The van der Waals surface area contributed by atoms with E-state index in [0.29, 0.717) is 23.3 Å². The van der Waals surface area contributed by atoms with Crippen molar-refractivity contribution in [2.45, 2.75) is 27.2 Å². The van der Waals surface area contributed by atoms with Gasteiger partial charge < -0.3 is 0 Å². The predicted octanol–water partition coefficient (Wildman–Crippen LogP) is 5.33. The van der Waals surface area contributed by atoms with E-state index in [1.54, 1.807) is 23.0 Å². The summed E-state index contributed by atoms with van der Waals surface area (Å²) in [6, 6.07) is 14.3. The molecule has 2 aromatic carbocycles. The number of nitrogens with zero attached hydrogens (tertiary/aromatic N) is 6. The zero-order valence-corrected chi connectivity index (χ0v) is 18.5. The summed E-state index contributed by atoms with van der Waals surface area (Å²) >= 11 is 0. The maximum Gasteiger partial charge on any atom is 0.230 e. The zero-order chi connectivity index (χ0) is 22.9. The molecular weight excluding hydrogens is 417 g/mol. The zero-order valence-electron chi connectivity index (χ0n) is 18.5. The predicted molar refractivity (Wildman–Crippen MR) is 126 cm³/mol. The maximum atomic E-state index is 13.6. The van der Waals surface area contributed by atoms with Crippen molar-refractivity contribution in [2.24, 2.45) is 0 Å². The number of halogens is 1. The molecule has 0 fully saturated rings. The van der Waals surface area contributed by atoms with Gasteiger partial charge in [-0.05, 0) is 62.2 Å². The van der Waals surface area contributed by atoms with Crippen LogP contribution in [0, 0.1) is 19.7 Å². The molecule has 33 heavy (non-hydrogen) atoms. The molecule has 1 N–H and O–H groups in total. The summed E-state index contributed by atoms with van der Waals surface area (Å²) in [5.74, 6) is 0.509. The minimum atomic E-state index is -0.313. The van der Waals surface area contributed by atoms with Crippen LogP contribution in [0.25, 0.3) is 27.8 Å². The molecule has 164 valence electrons. The lowest BCUT2D eigenvalue weighted by atomic mass is 10.1.